The van der Waals surface area contributed by atoms with Gasteiger partial charge in [0.25, 0.3) is 0 Å². The van der Waals surface area contributed by atoms with Crippen LogP contribution < -0.4 is 16.0 Å². The first-order valence-corrected chi connectivity index (χ1v) is 9.43. The molecule has 2 amide bonds. The van der Waals surface area contributed by atoms with E-state index in [1.54, 1.807) is 20.8 Å². The number of aliphatic hydroxyl groups is 1. The molecular weight excluding hydrogens is 346 g/mol. The number of carbonyl (C=O) groups is 2. The molecule has 0 bridgehead atoms. The molecular formula is C20H29N3O4. The van der Waals surface area contributed by atoms with E-state index in [1.165, 1.54) is 10.5 Å². The van der Waals surface area contributed by atoms with Crippen molar-refractivity contribution in [2.75, 3.05) is 18.0 Å². The second-order valence-electron chi connectivity index (χ2n) is 8.57. The first-order valence-electron chi connectivity index (χ1n) is 9.43. The van der Waals surface area contributed by atoms with Crippen LogP contribution in [0, 0.1) is 0 Å². The average Bonchev–Trinajstić information content (AvgIpc) is 3.37. The Labute approximate surface area is 159 Å². The number of benzene rings is 1. The topological polar surface area (TPSA) is 105 Å². The molecule has 148 valence electrons. The van der Waals surface area contributed by atoms with Crippen LogP contribution >= 0.6 is 0 Å². The highest BCUT2D eigenvalue weighted by Gasteiger charge is 2.43. The number of nitrogens with two attached hydrogens (primary N) is 1. The summed E-state index contributed by atoms with van der Waals surface area (Å²) in [5.41, 5.74) is 7.20. The van der Waals surface area contributed by atoms with Crippen LogP contribution in [-0.2, 0) is 14.9 Å². The van der Waals surface area contributed by atoms with Gasteiger partial charge in [0.2, 0.25) is 5.91 Å². The molecule has 7 nitrogen and oxygen atoms in total. The van der Waals surface area contributed by atoms with Crippen LogP contribution in [0.25, 0.3) is 0 Å². The monoisotopic (exact) mass is 375 g/mol. The first kappa shape index (κ1) is 19.6. The molecule has 1 saturated heterocycles. The molecule has 0 radical (unpaired) electrons. The van der Waals surface area contributed by atoms with Gasteiger partial charge in [-0.05, 0) is 51.3 Å². The van der Waals surface area contributed by atoms with Gasteiger partial charge < -0.3 is 25.8 Å². The Hall–Kier alpha value is -2.12. The van der Waals surface area contributed by atoms with Crippen LogP contribution in [0.15, 0.2) is 24.3 Å². The van der Waals surface area contributed by atoms with Crippen molar-refractivity contribution < 1.29 is 19.4 Å². The number of nitrogens with zero attached hydrogens (tertiary/aromatic N) is 1. The van der Waals surface area contributed by atoms with E-state index in [2.05, 4.69) is 5.32 Å². The van der Waals surface area contributed by atoms with E-state index >= 15 is 0 Å². The highest BCUT2D eigenvalue weighted by atomic mass is 16.6. The second-order valence-corrected chi connectivity index (χ2v) is 8.57. The molecule has 2 aliphatic rings. The van der Waals surface area contributed by atoms with Crippen molar-refractivity contribution in [2.45, 2.75) is 63.2 Å². The third-order valence-electron chi connectivity index (χ3n) is 5.19. The number of β-amino-alcohol motifs (C(OH)–C–C–N with tert-alkyl or cyclic N) is 1. The highest BCUT2D eigenvalue weighted by Crippen LogP contribution is 2.47. The fourth-order valence-corrected chi connectivity index (χ4v) is 3.50. The number of alkyl carbamates (subject to hydrolysis) is 1. The number of amides is 2. The van der Waals surface area contributed by atoms with Crippen LogP contribution in [0.2, 0.25) is 0 Å². The molecule has 1 saturated carbocycles. The number of carbonyl (C=O) groups excluding carboxylic acids is 2. The SMILES string of the molecule is CC(C)(C)OC(=O)N[C@H]1C[C@H](O)CN(c2ccc(C3(CN)CC3)cc2)C1=O. The summed E-state index contributed by atoms with van der Waals surface area (Å²) >= 11 is 0. The van der Waals surface area contributed by atoms with Crippen molar-refractivity contribution >= 4 is 17.7 Å². The third-order valence-corrected chi connectivity index (χ3v) is 5.19. The van der Waals surface area contributed by atoms with Gasteiger partial charge in [-0.25, -0.2) is 4.79 Å². The van der Waals surface area contributed by atoms with Gasteiger partial charge in [-0.2, -0.15) is 0 Å². The summed E-state index contributed by atoms with van der Waals surface area (Å²) in [6.45, 7) is 6.09. The molecule has 1 aliphatic carbocycles. The van der Waals surface area contributed by atoms with Crippen LogP contribution in [-0.4, -0.2) is 47.9 Å². The van der Waals surface area contributed by atoms with E-state index < -0.39 is 23.8 Å². The van der Waals surface area contributed by atoms with Crippen molar-refractivity contribution in [1.29, 1.82) is 0 Å². The number of piperidine rings is 1. The van der Waals surface area contributed by atoms with Crippen molar-refractivity contribution in [3.8, 4) is 0 Å². The Bertz CT molecular complexity index is 707. The predicted octanol–water partition coefficient (Wildman–Crippen LogP) is 1.67. The number of anilines is 1. The lowest BCUT2D eigenvalue weighted by atomic mass is 9.95. The number of nitrogens with one attached hydrogen (secondary N) is 1. The van der Waals surface area contributed by atoms with E-state index in [0.29, 0.717) is 12.2 Å². The molecule has 1 aromatic carbocycles. The quantitative estimate of drug-likeness (QED) is 0.742. The summed E-state index contributed by atoms with van der Waals surface area (Å²) in [4.78, 5) is 26.4. The Morgan fingerprint density at radius 3 is 2.48 bits per heavy atom. The van der Waals surface area contributed by atoms with Gasteiger partial charge in [0, 0.05) is 24.1 Å². The summed E-state index contributed by atoms with van der Waals surface area (Å²) in [5.74, 6) is -0.251. The largest absolute Gasteiger partial charge is 0.444 e. The predicted molar refractivity (Wildman–Crippen MR) is 103 cm³/mol. The van der Waals surface area contributed by atoms with Gasteiger partial charge in [0.15, 0.2) is 0 Å². The zero-order chi connectivity index (χ0) is 19.8. The summed E-state index contributed by atoms with van der Waals surface area (Å²) in [7, 11) is 0. The molecule has 1 aliphatic heterocycles. The minimum Gasteiger partial charge on any atom is -0.444 e. The Balaban J connectivity index is 1.71. The van der Waals surface area contributed by atoms with Gasteiger partial charge in [0.1, 0.15) is 11.6 Å². The second kappa shape index (κ2) is 7.13. The molecule has 7 heteroatoms. The molecule has 0 spiro atoms. The number of hydrogen-bond donors (Lipinski definition) is 3. The van der Waals surface area contributed by atoms with Crippen molar-refractivity contribution in [1.82, 2.24) is 5.32 Å². The Morgan fingerprint density at radius 1 is 1.33 bits per heavy atom. The summed E-state index contributed by atoms with van der Waals surface area (Å²) < 4.78 is 5.22. The van der Waals surface area contributed by atoms with Crippen molar-refractivity contribution in [3.05, 3.63) is 29.8 Å². The normalized spacial score (nSPS) is 24.5. The van der Waals surface area contributed by atoms with Crippen LogP contribution in [0.5, 0.6) is 0 Å². The summed E-state index contributed by atoms with van der Waals surface area (Å²) in [6, 6.07) is 6.94. The lowest BCUT2D eigenvalue weighted by Crippen LogP contribution is -2.57. The van der Waals surface area contributed by atoms with E-state index in [9.17, 15) is 14.7 Å². The minimum atomic E-state index is -0.818. The average molecular weight is 375 g/mol. The molecule has 0 aromatic heterocycles. The van der Waals surface area contributed by atoms with Crippen LogP contribution in [0.3, 0.4) is 0 Å². The van der Waals surface area contributed by atoms with E-state index in [-0.39, 0.29) is 24.3 Å². The molecule has 4 N–H and O–H groups in total. The van der Waals surface area contributed by atoms with Gasteiger partial charge in [-0.15, -0.1) is 0 Å². The summed E-state index contributed by atoms with van der Waals surface area (Å²) in [6.07, 6.45) is 0.964. The highest BCUT2D eigenvalue weighted by molar-refractivity contribution is 5.99. The van der Waals surface area contributed by atoms with E-state index in [0.717, 1.165) is 12.8 Å². The smallest absolute Gasteiger partial charge is 0.408 e. The fourth-order valence-electron chi connectivity index (χ4n) is 3.50. The van der Waals surface area contributed by atoms with Crippen LogP contribution in [0.1, 0.15) is 45.6 Å². The number of hydrogen-bond acceptors (Lipinski definition) is 5. The fraction of sp³-hybridized carbons (Fsp3) is 0.600. The zero-order valence-electron chi connectivity index (χ0n) is 16.2. The van der Waals surface area contributed by atoms with Gasteiger partial charge in [-0.1, -0.05) is 12.1 Å². The minimum absolute atomic E-state index is 0.0881. The number of ether oxygens (including phenoxy) is 1. The maximum absolute atomic E-state index is 12.8. The molecule has 1 heterocycles. The molecule has 2 fully saturated rings. The van der Waals surface area contributed by atoms with Crippen LogP contribution in [0.4, 0.5) is 10.5 Å². The lowest BCUT2D eigenvalue weighted by molar-refractivity contribution is -0.123. The molecule has 3 rings (SSSR count). The summed E-state index contributed by atoms with van der Waals surface area (Å²) in [5, 5.41) is 12.8. The van der Waals surface area contributed by atoms with Gasteiger partial charge in [-0.3, -0.25) is 4.79 Å². The number of rotatable bonds is 4. The third kappa shape index (κ3) is 4.42. The Morgan fingerprint density at radius 2 is 1.96 bits per heavy atom. The standard InChI is InChI=1S/C20H29N3O4/c1-19(2,3)27-18(26)22-16-10-15(24)11-23(17(16)25)14-6-4-13(5-7-14)20(12-21)8-9-20/h4-7,15-16,24H,8-12,21H2,1-3H3,(H,22,26)/t15-,16-/m0/s1. The van der Waals surface area contributed by atoms with Gasteiger partial charge in [0.05, 0.1) is 12.6 Å². The molecule has 1 aromatic rings. The first-order chi connectivity index (χ1) is 12.6. The van der Waals surface area contributed by atoms with Crippen molar-refractivity contribution in [2.24, 2.45) is 5.73 Å². The molecule has 2 atom stereocenters. The van der Waals surface area contributed by atoms with Gasteiger partial charge >= 0.3 is 6.09 Å². The molecule has 0 unspecified atom stereocenters. The van der Waals surface area contributed by atoms with Crippen molar-refractivity contribution in [3.63, 3.8) is 0 Å². The molecule has 27 heavy (non-hydrogen) atoms. The number of aliphatic hydroxyl groups excluding tert-OH is 1. The zero-order valence-corrected chi connectivity index (χ0v) is 16.2. The lowest BCUT2D eigenvalue weighted by Gasteiger charge is -2.35. The maximum atomic E-state index is 12.8. The Kier molecular flexibility index (Phi) is 5.18. The van der Waals surface area contributed by atoms with E-state index in [1.807, 2.05) is 24.3 Å². The maximum Gasteiger partial charge on any atom is 0.408 e. The van der Waals surface area contributed by atoms with E-state index in [4.69, 9.17) is 10.5 Å².